The van der Waals surface area contributed by atoms with E-state index in [4.69, 9.17) is 9.47 Å². The molecule has 126 valence electrons. The first-order valence-corrected chi connectivity index (χ1v) is 7.57. The Kier molecular flexibility index (Phi) is 7.25. The number of esters is 2. The van der Waals surface area contributed by atoms with Crippen LogP contribution >= 0.6 is 0 Å². The normalized spacial score (nSPS) is 12.9. The van der Waals surface area contributed by atoms with E-state index in [1.165, 1.54) is 6.92 Å². The molecule has 0 saturated carbocycles. The molecule has 23 heavy (non-hydrogen) atoms. The van der Waals surface area contributed by atoms with Gasteiger partial charge in [-0.25, -0.2) is 4.79 Å². The standard InChI is InChI=1S/C17H23NO5/c1-5-22-16(20)14(12(4)19)15(17(21)23-6-2)18-13-9-7-11(3)8-10-13/h7-10,14-15,18H,5-6H2,1-4H3. The van der Waals surface area contributed by atoms with Crippen LogP contribution in [0.3, 0.4) is 0 Å². The van der Waals surface area contributed by atoms with Crippen molar-refractivity contribution in [2.45, 2.75) is 33.7 Å². The fraction of sp³-hybridized carbons (Fsp3) is 0.471. The molecule has 0 aliphatic heterocycles. The third-order valence-corrected chi connectivity index (χ3v) is 3.23. The van der Waals surface area contributed by atoms with Crippen LogP contribution in [0.1, 0.15) is 26.3 Å². The lowest BCUT2D eigenvalue weighted by Crippen LogP contribution is -2.46. The Morgan fingerprint density at radius 3 is 2.00 bits per heavy atom. The highest BCUT2D eigenvalue weighted by molar-refractivity contribution is 6.03. The van der Waals surface area contributed by atoms with Crippen LogP contribution in [-0.2, 0) is 23.9 Å². The summed E-state index contributed by atoms with van der Waals surface area (Å²) in [5.74, 6) is -3.12. The largest absolute Gasteiger partial charge is 0.465 e. The quantitative estimate of drug-likeness (QED) is 0.583. The van der Waals surface area contributed by atoms with Gasteiger partial charge in [0.2, 0.25) is 0 Å². The molecule has 0 aliphatic carbocycles. The second kappa shape index (κ2) is 8.92. The first-order valence-electron chi connectivity index (χ1n) is 7.57. The van der Waals surface area contributed by atoms with E-state index in [1.807, 2.05) is 19.1 Å². The van der Waals surface area contributed by atoms with Gasteiger partial charge in [-0.2, -0.15) is 0 Å². The van der Waals surface area contributed by atoms with Crippen molar-refractivity contribution in [3.8, 4) is 0 Å². The number of ether oxygens (including phenoxy) is 2. The topological polar surface area (TPSA) is 81.7 Å². The van der Waals surface area contributed by atoms with Crippen LogP contribution in [-0.4, -0.2) is 37.0 Å². The second-order valence-corrected chi connectivity index (χ2v) is 5.08. The summed E-state index contributed by atoms with van der Waals surface area (Å²) in [6.45, 7) is 6.77. The average Bonchev–Trinajstić information content (AvgIpc) is 2.48. The molecule has 0 bridgehead atoms. The average molecular weight is 321 g/mol. The van der Waals surface area contributed by atoms with E-state index in [0.29, 0.717) is 5.69 Å². The van der Waals surface area contributed by atoms with Crippen molar-refractivity contribution in [3.63, 3.8) is 0 Å². The van der Waals surface area contributed by atoms with E-state index in [2.05, 4.69) is 5.32 Å². The fourth-order valence-corrected chi connectivity index (χ4v) is 2.11. The number of hydrogen-bond acceptors (Lipinski definition) is 6. The summed E-state index contributed by atoms with van der Waals surface area (Å²) in [4.78, 5) is 36.2. The van der Waals surface area contributed by atoms with Crippen molar-refractivity contribution in [3.05, 3.63) is 29.8 Å². The van der Waals surface area contributed by atoms with Crippen LogP contribution in [0, 0.1) is 12.8 Å². The molecule has 0 amide bonds. The number of carbonyl (C=O) groups excluding carboxylic acids is 3. The lowest BCUT2D eigenvalue weighted by molar-refractivity contribution is -0.158. The first-order chi connectivity index (χ1) is 10.9. The van der Waals surface area contributed by atoms with E-state index in [9.17, 15) is 14.4 Å². The number of ketones is 1. The molecule has 0 aromatic heterocycles. The van der Waals surface area contributed by atoms with Gasteiger partial charge in [-0.1, -0.05) is 17.7 Å². The third kappa shape index (κ3) is 5.39. The molecule has 6 heteroatoms. The molecule has 6 nitrogen and oxygen atoms in total. The van der Waals surface area contributed by atoms with Crippen LogP contribution in [0.5, 0.6) is 0 Å². The molecule has 0 saturated heterocycles. The van der Waals surface area contributed by atoms with E-state index in [1.54, 1.807) is 26.0 Å². The van der Waals surface area contributed by atoms with Gasteiger partial charge in [0.15, 0.2) is 0 Å². The molecule has 0 spiro atoms. The molecular weight excluding hydrogens is 298 g/mol. The summed E-state index contributed by atoms with van der Waals surface area (Å²) in [6.07, 6.45) is 0. The summed E-state index contributed by atoms with van der Waals surface area (Å²) in [6, 6.07) is 6.12. The number of hydrogen-bond donors (Lipinski definition) is 1. The Hall–Kier alpha value is -2.37. The highest BCUT2D eigenvalue weighted by atomic mass is 16.5. The molecule has 0 fully saturated rings. The van der Waals surface area contributed by atoms with Gasteiger partial charge in [-0.3, -0.25) is 9.59 Å². The smallest absolute Gasteiger partial charge is 0.329 e. The predicted octanol–water partition coefficient (Wildman–Crippen LogP) is 2.11. The van der Waals surface area contributed by atoms with Gasteiger partial charge in [0.05, 0.1) is 13.2 Å². The van der Waals surface area contributed by atoms with E-state index >= 15 is 0 Å². The number of Topliss-reactive ketones (excluding diaryl/α,β-unsaturated/α-hetero) is 1. The Balaban J connectivity index is 3.10. The summed E-state index contributed by atoms with van der Waals surface area (Å²) in [7, 11) is 0. The Bertz CT molecular complexity index is 553. The van der Waals surface area contributed by atoms with Crippen molar-refractivity contribution in [2.24, 2.45) is 5.92 Å². The molecule has 0 radical (unpaired) electrons. The maximum absolute atomic E-state index is 12.2. The zero-order valence-corrected chi connectivity index (χ0v) is 13.9. The Morgan fingerprint density at radius 2 is 1.52 bits per heavy atom. The van der Waals surface area contributed by atoms with Crippen LogP contribution in [0.25, 0.3) is 0 Å². The predicted molar refractivity (Wildman–Crippen MR) is 86.0 cm³/mol. The molecule has 2 unspecified atom stereocenters. The number of anilines is 1. The SMILES string of the molecule is CCOC(=O)C(Nc1ccc(C)cc1)C(C(C)=O)C(=O)OCC. The molecule has 1 N–H and O–H groups in total. The molecule has 0 aliphatic rings. The van der Waals surface area contributed by atoms with Gasteiger partial charge in [0.1, 0.15) is 17.7 Å². The minimum Gasteiger partial charge on any atom is -0.465 e. The highest BCUT2D eigenvalue weighted by Crippen LogP contribution is 2.18. The van der Waals surface area contributed by atoms with Gasteiger partial charge >= 0.3 is 11.9 Å². The van der Waals surface area contributed by atoms with E-state index in [0.717, 1.165) is 5.56 Å². The van der Waals surface area contributed by atoms with Crippen molar-refractivity contribution < 1.29 is 23.9 Å². The van der Waals surface area contributed by atoms with Gasteiger partial charge in [0.25, 0.3) is 0 Å². The molecule has 0 heterocycles. The zero-order chi connectivity index (χ0) is 17.4. The minimum atomic E-state index is -1.25. The van der Waals surface area contributed by atoms with Crippen molar-refractivity contribution in [1.29, 1.82) is 0 Å². The molecule has 1 aromatic rings. The molecular formula is C17H23NO5. The third-order valence-electron chi connectivity index (χ3n) is 3.23. The van der Waals surface area contributed by atoms with Crippen LogP contribution in [0.15, 0.2) is 24.3 Å². The minimum absolute atomic E-state index is 0.128. The highest BCUT2D eigenvalue weighted by Gasteiger charge is 2.39. The number of carbonyl (C=O) groups is 3. The first kappa shape index (κ1) is 18.7. The van der Waals surface area contributed by atoms with Crippen molar-refractivity contribution >= 4 is 23.4 Å². The Morgan fingerprint density at radius 1 is 1.00 bits per heavy atom. The van der Waals surface area contributed by atoms with Gasteiger partial charge in [-0.15, -0.1) is 0 Å². The van der Waals surface area contributed by atoms with Crippen LogP contribution < -0.4 is 5.32 Å². The molecule has 1 rings (SSSR count). The van der Waals surface area contributed by atoms with Gasteiger partial charge < -0.3 is 14.8 Å². The second-order valence-electron chi connectivity index (χ2n) is 5.08. The van der Waals surface area contributed by atoms with Crippen LogP contribution in [0.2, 0.25) is 0 Å². The fourth-order valence-electron chi connectivity index (χ4n) is 2.11. The number of aryl methyl sites for hydroxylation is 1. The molecule has 1 aromatic carbocycles. The summed E-state index contributed by atoms with van der Waals surface area (Å²) >= 11 is 0. The monoisotopic (exact) mass is 321 g/mol. The Labute approximate surface area is 136 Å². The lowest BCUT2D eigenvalue weighted by atomic mass is 9.95. The van der Waals surface area contributed by atoms with Gasteiger partial charge in [-0.05, 0) is 39.8 Å². The lowest BCUT2D eigenvalue weighted by Gasteiger charge is -2.24. The molecule has 2 atom stereocenters. The van der Waals surface area contributed by atoms with Gasteiger partial charge in [0, 0.05) is 5.69 Å². The maximum atomic E-state index is 12.2. The number of nitrogens with one attached hydrogen (secondary N) is 1. The number of rotatable bonds is 8. The zero-order valence-electron chi connectivity index (χ0n) is 13.9. The summed E-state index contributed by atoms with van der Waals surface area (Å²) < 4.78 is 9.92. The summed E-state index contributed by atoms with van der Waals surface area (Å²) in [5.41, 5.74) is 1.67. The maximum Gasteiger partial charge on any atom is 0.329 e. The van der Waals surface area contributed by atoms with E-state index in [-0.39, 0.29) is 13.2 Å². The van der Waals surface area contributed by atoms with Crippen molar-refractivity contribution in [1.82, 2.24) is 0 Å². The van der Waals surface area contributed by atoms with Crippen molar-refractivity contribution in [2.75, 3.05) is 18.5 Å². The summed E-state index contributed by atoms with van der Waals surface area (Å²) in [5, 5.41) is 2.92. The number of benzene rings is 1. The van der Waals surface area contributed by atoms with E-state index < -0.39 is 29.7 Å². The van der Waals surface area contributed by atoms with Crippen LogP contribution in [0.4, 0.5) is 5.69 Å².